The molecule has 0 bridgehead atoms. The number of piperazine rings is 1. The largest absolute Gasteiger partial charge is 0.417 e. The van der Waals surface area contributed by atoms with E-state index in [-0.39, 0.29) is 17.5 Å². The monoisotopic (exact) mass is 424 g/mol. The lowest BCUT2D eigenvalue weighted by Gasteiger charge is -2.39. The zero-order chi connectivity index (χ0) is 22.0. The molecule has 3 aromatic rings. The van der Waals surface area contributed by atoms with Crippen LogP contribution in [-0.2, 0) is 6.18 Å². The SMILES string of the molecule is CN1CCN(C(=O)c2ccc(-c3ccccc3C(F)(F)F)cc2)CC1c1ccccc1. The summed E-state index contributed by atoms with van der Waals surface area (Å²) in [6, 6.07) is 22.0. The number of likely N-dealkylation sites (N-methyl/N-ethyl adjacent to an activating group) is 1. The minimum absolute atomic E-state index is 0.107. The third kappa shape index (κ3) is 4.49. The number of benzene rings is 3. The molecule has 1 atom stereocenters. The number of amides is 1. The van der Waals surface area contributed by atoms with Gasteiger partial charge in [0.1, 0.15) is 0 Å². The summed E-state index contributed by atoms with van der Waals surface area (Å²) in [6.45, 7) is 1.93. The summed E-state index contributed by atoms with van der Waals surface area (Å²) in [7, 11) is 2.05. The third-order valence-corrected chi connectivity index (χ3v) is 5.79. The molecule has 0 N–H and O–H groups in total. The summed E-state index contributed by atoms with van der Waals surface area (Å²) < 4.78 is 40.0. The normalized spacial score (nSPS) is 17.5. The minimum Gasteiger partial charge on any atom is -0.335 e. The highest BCUT2D eigenvalue weighted by Crippen LogP contribution is 2.37. The Kier molecular flexibility index (Phi) is 5.83. The van der Waals surface area contributed by atoms with E-state index in [2.05, 4.69) is 17.0 Å². The summed E-state index contributed by atoms with van der Waals surface area (Å²) in [5, 5.41) is 0. The highest BCUT2D eigenvalue weighted by molar-refractivity contribution is 5.95. The van der Waals surface area contributed by atoms with Crippen LogP contribution in [0.4, 0.5) is 13.2 Å². The first-order chi connectivity index (χ1) is 14.8. The second-order valence-electron chi connectivity index (χ2n) is 7.78. The number of hydrogen-bond acceptors (Lipinski definition) is 2. The quantitative estimate of drug-likeness (QED) is 0.554. The van der Waals surface area contributed by atoms with Gasteiger partial charge in [0.15, 0.2) is 0 Å². The van der Waals surface area contributed by atoms with E-state index < -0.39 is 11.7 Å². The predicted octanol–water partition coefficient (Wildman–Crippen LogP) is 5.50. The van der Waals surface area contributed by atoms with Gasteiger partial charge in [-0.25, -0.2) is 0 Å². The highest BCUT2D eigenvalue weighted by Gasteiger charge is 2.33. The Morgan fingerprint density at radius 2 is 1.52 bits per heavy atom. The fourth-order valence-electron chi connectivity index (χ4n) is 4.05. The van der Waals surface area contributed by atoms with Gasteiger partial charge in [0.2, 0.25) is 0 Å². The van der Waals surface area contributed by atoms with E-state index >= 15 is 0 Å². The summed E-state index contributed by atoms with van der Waals surface area (Å²) in [5.41, 5.74) is 1.49. The van der Waals surface area contributed by atoms with Crippen LogP contribution in [-0.4, -0.2) is 42.4 Å². The molecule has 0 saturated carbocycles. The second kappa shape index (κ2) is 8.55. The molecule has 3 nitrogen and oxygen atoms in total. The average molecular weight is 424 g/mol. The van der Waals surface area contributed by atoms with E-state index in [1.807, 2.05) is 30.1 Å². The Bertz CT molecular complexity index is 1050. The maximum atomic E-state index is 13.3. The molecule has 1 saturated heterocycles. The molecule has 6 heteroatoms. The maximum Gasteiger partial charge on any atom is 0.417 e. The van der Waals surface area contributed by atoms with Crippen LogP contribution in [0.3, 0.4) is 0 Å². The van der Waals surface area contributed by atoms with Crippen LogP contribution in [0.1, 0.15) is 27.5 Å². The molecular formula is C25H23F3N2O. The van der Waals surface area contributed by atoms with Crippen molar-refractivity contribution in [2.24, 2.45) is 0 Å². The smallest absolute Gasteiger partial charge is 0.335 e. The van der Waals surface area contributed by atoms with Gasteiger partial charge in [-0.1, -0.05) is 60.7 Å². The van der Waals surface area contributed by atoms with Crippen LogP contribution in [0.25, 0.3) is 11.1 Å². The van der Waals surface area contributed by atoms with E-state index in [4.69, 9.17) is 0 Å². The summed E-state index contributed by atoms with van der Waals surface area (Å²) >= 11 is 0. The Morgan fingerprint density at radius 3 is 2.19 bits per heavy atom. The second-order valence-corrected chi connectivity index (χ2v) is 7.78. The number of nitrogens with zero attached hydrogens (tertiary/aromatic N) is 2. The van der Waals surface area contributed by atoms with Gasteiger partial charge in [0.05, 0.1) is 11.6 Å². The lowest BCUT2D eigenvalue weighted by Crippen LogP contribution is -2.49. The van der Waals surface area contributed by atoms with Crippen LogP contribution in [0.5, 0.6) is 0 Å². The maximum absolute atomic E-state index is 13.3. The number of carbonyl (C=O) groups is 1. The van der Waals surface area contributed by atoms with Gasteiger partial charge in [-0.2, -0.15) is 13.2 Å². The van der Waals surface area contributed by atoms with Gasteiger partial charge in [-0.3, -0.25) is 9.69 Å². The Balaban J connectivity index is 1.54. The van der Waals surface area contributed by atoms with E-state index in [9.17, 15) is 18.0 Å². The summed E-state index contributed by atoms with van der Waals surface area (Å²) in [5.74, 6) is -0.107. The van der Waals surface area contributed by atoms with E-state index in [0.717, 1.165) is 18.2 Å². The predicted molar refractivity (Wildman–Crippen MR) is 115 cm³/mol. The number of alkyl halides is 3. The van der Waals surface area contributed by atoms with Crippen molar-refractivity contribution in [1.82, 2.24) is 9.80 Å². The standard InChI is InChI=1S/C25H23F3N2O/c1-29-15-16-30(17-23(29)19-7-3-2-4-8-19)24(31)20-13-11-18(12-14-20)21-9-5-6-10-22(21)25(26,27)28/h2-14,23H,15-17H2,1H3. The molecule has 1 amide bonds. The lowest BCUT2D eigenvalue weighted by atomic mass is 9.98. The molecule has 1 heterocycles. The molecule has 31 heavy (non-hydrogen) atoms. The van der Waals surface area contributed by atoms with Crippen LogP contribution < -0.4 is 0 Å². The number of carbonyl (C=O) groups excluding carboxylic acids is 1. The van der Waals surface area contributed by atoms with E-state index in [1.165, 1.54) is 12.1 Å². The molecule has 1 fully saturated rings. The molecule has 0 radical (unpaired) electrons. The summed E-state index contributed by atoms with van der Waals surface area (Å²) in [6.07, 6.45) is -4.43. The third-order valence-electron chi connectivity index (χ3n) is 5.79. The highest BCUT2D eigenvalue weighted by atomic mass is 19.4. The lowest BCUT2D eigenvalue weighted by molar-refractivity contribution is -0.137. The first-order valence-corrected chi connectivity index (χ1v) is 10.2. The van der Waals surface area contributed by atoms with Gasteiger partial charge < -0.3 is 4.90 Å². The number of halogens is 3. The van der Waals surface area contributed by atoms with Crippen LogP contribution in [0.2, 0.25) is 0 Å². The molecule has 1 aliphatic heterocycles. The van der Waals surface area contributed by atoms with Crippen molar-refractivity contribution in [3.8, 4) is 11.1 Å². The zero-order valence-corrected chi connectivity index (χ0v) is 17.1. The van der Waals surface area contributed by atoms with E-state index in [1.54, 1.807) is 30.3 Å². The van der Waals surface area contributed by atoms with Crippen LogP contribution >= 0.6 is 0 Å². The van der Waals surface area contributed by atoms with Crippen LogP contribution in [0, 0.1) is 0 Å². The van der Waals surface area contributed by atoms with Crippen molar-refractivity contribution < 1.29 is 18.0 Å². The Morgan fingerprint density at radius 1 is 0.871 bits per heavy atom. The topological polar surface area (TPSA) is 23.6 Å². The molecule has 0 spiro atoms. The average Bonchev–Trinajstić information content (AvgIpc) is 2.79. The molecule has 4 rings (SSSR count). The molecule has 1 unspecified atom stereocenters. The van der Waals surface area contributed by atoms with E-state index in [0.29, 0.717) is 24.2 Å². The molecule has 0 aromatic heterocycles. The van der Waals surface area contributed by atoms with Crippen molar-refractivity contribution in [1.29, 1.82) is 0 Å². The van der Waals surface area contributed by atoms with Gasteiger partial charge in [0.25, 0.3) is 5.91 Å². The van der Waals surface area contributed by atoms with Crippen molar-refractivity contribution in [2.75, 3.05) is 26.7 Å². The first kappa shape index (κ1) is 21.1. The molecular weight excluding hydrogens is 401 g/mol. The van der Waals surface area contributed by atoms with Gasteiger partial charge in [-0.05, 0) is 41.9 Å². The van der Waals surface area contributed by atoms with Crippen molar-refractivity contribution in [2.45, 2.75) is 12.2 Å². The van der Waals surface area contributed by atoms with Gasteiger partial charge >= 0.3 is 6.18 Å². The van der Waals surface area contributed by atoms with Crippen molar-refractivity contribution in [3.05, 3.63) is 95.6 Å². The number of hydrogen-bond donors (Lipinski definition) is 0. The fourth-order valence-corrected chi connectivity index (χ4v) is 4.05. The number of rotatable bonds is 3. The van der Waals surface area contributed by atoms with Crippen molar-refractivity contribution in [3.63, 3.8) is 0 Å². The molecule has 1 aliphatic rings. The fraction of sp³-hybridized carbons (Fsp3) is 0.240. The summed E-state index contributed by atoms with van der Waals surface area (Å²) in [4.78, 5) is 17.1. The molecule has 3 aromatic carbocycles. The molecule has 160 valence electrons. The van der Waals surface area contributed by atoms with Gasteiger partial charge in [0, 0.05) is 25.2 Å². The van der Waals surface area contributed by atoms with Crippen molar-refractivity contribution >= 4 is 5.91 Å². The Labute approximate surface area is 179 Å². The zero-order valence-electron chi connectivity index (χ0n) is 17.1. The van der Waals surface area contributed by atoms with Crippen LogP contribution in [0.15, 0.2) is 78.9 Å². The molecule has 0 aliphatic carbocycles. The first-order valence-electron chi connectivity index (χ1n) is 10.2. The Hall–Kier alpha value is -3.12. The van der Waals surface area contributed by atoms with Gasteiger partial charge in [-0.15, -0.1) is 0 Å². The minimum atomic E-state index is -4.43.